The van der Waals surface area contributed by atoms with Gasteiger partial charge in [0.2, 0.25) is 5.91 Å². The van der Waals surface area contributed by atoms with Crippen molar-refractivity contribution < 1.29 is 4.79 Å². The number of hydrogen-bond acceptors (Lipinski definition) is 1. The highest BCUT2D eigenvalue weighted by atomic mass is 16.1. The van der Waals surface area contributed by atoms with E-state index in [1.807, 2.05) is 30.3 Å². The molecule has 0 spiro atoms. The van der Waals surface area contributed by atoms with Crippen LogP contribution in [0, 0.1) is 6.07 Å². The van der Waals surface area contributed by atoms with Gasteiger partial charge in [0, 0.05) is 22.2 Å². The van der Waals surface area contributed by atoms with Crippen molar-refractivity contribution in [3.8, 4) is 11.3 Å². The Balaban J connectivity index is 2.06. The number of H-pyrrole nitrogens is 1. The molecular weight excluding hydrogens is 224 g/mol. The summed E-state index contributed by atoms with van der Waals surface area (Å²) in [6, 6.07) is 18.1. The molecule has 0 saturated heterocycles. The summed E-state index contributed by atoms with van der Waals surface area (Å²) in [5.74, 6) is -0.409. The number of aromatic amines is 1. The number of carbonyl (C=O) groups excluding carboxylic acids is 1. The van der Waals surface area contributed by atoms with Gasteiger partial charge in [-0.3, -0.25) is 4.79 Å². The van der Waals surface area contributed by atoms with Gasteiger partial charge in [-0.15, -0.1) is 0 Å². The van der Waals surface area contributed by atoms with E-state index in [-0.39, 0.29) is 0 Å². The lowest BCUT2D eigenvalue weighted by atomic mass is 10.1. The third kappa shape index (κ3) is 1.76. The van der Waals surface area contributed by atoms with Crippen molar-refractivity contribution in [2.24, 2.45) is 5.73 Å². The number of aromatic nitrogens is 1. The van der Waals surface area contributed by atoms with Crippen molar-refractivity contribution in [1.82, 2.24) is 4.98 Å². The summed E-state index contributed by atoms with van der Waals surface area (Å²) in [6.45, 7) is 0. The van der Waals surface area contributed by atoms with Crippen LogP contribution < -0.4 is 5.73 Å². The molecule has 1 radical (unpaired) electrons. The topological polar surface area (TPSA) is 58.9 Å². The minimum Gasteiger partial charge on any atom is -0.366 e. The molecule has 0 unspecified atom stereocenters. The van der Waals surface area contributed by atoms with Crippen LogP contribution in [0.4, 0.5) is 0 Å². The molecule has 0 atom stereocenters. The number of fused-ring (bicyclic) bond motifs is 1. The van der Waals surface area contributed by atoms with Crippen LogP contribution in [0.15, 0.2) is 48.5 Å². The lowest BCUT2D eigenvalue weighted by molar-refractivity contribution is 0.100. The fourth-order valence-electron chi connectivity index (χ4n) is 1.98. The maximum atomic E-state index is 11.0. The Kier molecular flexibility index (Phi) is 2.38. The molecule has 2 aromatic carbocycles. The van der Waals surface area contributed by atoms with Gasteiger partial charge >= 0.3 is 0 Å². The molecule has 0 fully saturated rings. The summed E-state index contributed by atoms with van der Waals surface area (Å²) >= 11 is 0. The van der Waals surface area contributed by atoms with Gasteiger partial charge in [0.05, 0.1) is 0 Å². The number of hydrogen-bond donors (Lipinski definition) is 2. The van der Waals surface area contributed by atoms with E-state index in [4.69, 9.17) is 5.73 Å². The first-order chi connectivity index (χ1) is 8.74. The summed E-state index contributed by atoms with van der Waals surface area (Å²) in [5, 5.41) is 1.12. The molecule has 1 amide bonds. The fraction of sp³-hybridized carbons (Fsp3) is 0. The van der Waals surface area contributed by atoms with Gasteiger partial charge in [0.15, 0.2) is 0 Å². The lowest BCUT2D eigenvalue weighted by Gasteiger charge is -1.99. The van der Waals surface area contributed by atoms with Gasteiger partial charge in [-0.25, -0.2) is 0 Å². The SMILES string of the molecule is NC(=O)c1ccc(-c2cc3c[c]ccc3[nH]2)cc1. The molecule has 3 rings (SSSR count). The predicted molar refractivity (Wildman–Crippen MR) is 71.1 cm³/mol. The molecular formula is C15H11N2O. The standard InChI is InChI=1S/C15H11N2O/c16-15(18)11-7-5-10(6-8-11)14-9-12-3-1-2-4-13(12)17-14/h2-9,17H,(H2,16,18). The largest absolute Gasteiger partial charge is 0.366 e. The molecule has 0 bridgehead atoms. The van der Waals surface area contributed by atoms with Crippen molar-refractivity contribution in [3.05, 3.63) is 60.2 Å². The molecule has 0 saturated carbocycles. The van der Waals surface area contributed by atoms with Crippen LogP contribution in [0.1, 0.15) is 10.4 Å². The van der Waals surface area contributed by atoms with Crippen molar-refractivity contribution in [2.45, 2.75) is 0 Å². The van der Waals surface area contributed by atoms with E-state index in [0.717, 1.165) is 22.2 Å². The summed E-state index contributed by atoms with van der Waals surface area (Å²) in [6.07, 6.45) is 0. The number of nitrogens with two attached hydrogens (primary N) is 1. The number of nitrogens with one attached hydrogen (secondary N) is 1. The van der Waals surface area contributed by atoms with E-state index in [9.17, 15) is 4.79 Å². The molecule has 3 aromatic rings. The fourth-order valence-corrected chi connectivity index (χ4v) is 1.98. The molecule has 1 aromatic heterocycles. The van der Waals surface area contributed by atoms with Gasteiger partial charge in [-0.05, 0) is 42.0 Å². The Labute approximate surface area is 104 Å². The average Bonchev–Trinajstić information content (AvgIpc) is 2.82. The van der Waals surface area contributed by atoms with Crippen LogP contribution in [0.5, 0.6) is 0 Å². The zero-order valence-corrected chi connectivity index (χ0v) is 9.60. The summed E-state index contributed by atoms with van der Waals surface area (Å²) in [4.78, 5) is 14.3. The molecule has 3 nitrogen and oxygen atoms in total. The van der Waals surface area contributed by atoms with Gasteiger partial charge in [0.1, 0.15) is 0 Å². The highest BCUT2D eigenvalue weighted by Crippen LogP contribution is 2.23. The van der Waals surface area contributed by atoms with Crippen LogP contribution in [0.3, 0.4) is 0 Å². The third-order valence-corrected chi connectivity index (χ3v) is 2.95. The lowest BCUT2D eigenvalue weighted by Crippen LogP contribution is -2.10. The van der Waals surface area contributed by atoms with Crippen LogP contribution in [0.2, 0.25) is 0 Å². The van der Waals surface area contributed by atoms with Gasteiger partial charge in [0.25, 0.3) is 0 Å². The van der Waals surface area contributed by atoms with Gasteiger partial charge in [-0.1, -0.05) is 18.2 Å². The molecule has 3 heteroatoms. The Bertz CT molecular complexity index is 678. The minimum absolute atomic E-state index is 0.409. The first kappa shape index (κ1) is 10.6. The summed E-state index contributed by atoms with van der Waals surface area (Å²) < 4.78 is 0. The van der Waals surface area contributed by atoms with Crippen molar-refractivity contribution in [3.63, 3.8) is 0 Å². The second-order valence-corrected chi connectivity index (χ2v) is 4.14. The van der Waals surface area contributed by atoms with Crippen molar-refractivity contribution >= 4 is 16.8 Å². The number of amides is 1. The number of carbonyl (C=O) groups is 1. The quantitative estimate of drug-likeness (QED) is 0.705. The zero-order chi connectivity index (χ0) is 12.5. The molecule has 1 heterocycles. The van der Waals surface area contributed by atoms with Crippen LogP contribution in [0.25, 0.3) is 22.2 Å². The third-order valence-electron chi connectivity index (χ3n) is 2.95. The van der Waals surface area contributed by atoms with E-state index in [1.165, 1.54) is 0 Å². The molecule has 18 heavy (non-hydrogen) atoms. The van der Waals surface area contributed by atoms with Gasteiger partial charge in [-0.2, -0.15) is 0 Å². The molecule has 0 aliphatic rings. The summed E-state index contributed by atoms with van der Waals surface area (Å²) in [7, 11) is 0. The normalized spacial score (nSPS) is 10.7. The van der Waals surface area contributed by atoms with E-state index in [1.54, 1.807) is 12.1 Å². The smallest absolute Gasteiger partial charge is 0.248 e. The van der Waals surface area contributed by atoms with Crippen LogP contribution >= 0.6 is 0 Å². The van der Waals surface area contributed by atoms with E-state index in [0.29, 0.717) is 5.56 Å². The second-order valence-electron chi connectivity index (χ2n) is 4.14. The number of rotatable bonds is 2. The van der Waals surface area contributed by atoms with Gasteiger partial charge < -0.3 is 10.7 Å². The highest BCUT2D eigenvalue weighted by molar-refractivity contribution is 5.93. The molecule has 0 aliphatic carbocycles. The zero-order valence-electron chi connectivity index (χ0n) is 9.60. The first-order valence-electron chi connectivity index (χ1n) is 5.63. The maximum absolute atomic E-state index is 11.0. The van der Waals surface area contributed by atoms with Crippen molar-refractivity contribution in [2.75, 3.05) is 0 Å². The van der Waals surface area contributed by atoms with E-state index < -0.39 is 5.91 Å². The summed E-state index contributed by atoms with van der Waals surface area (Å²) in [5.41, 5.74) is 8.84. The molecule has 0 aliphatic heterocycles. The predicted octanol–water partition coefficient (Wildman–Crippen LogP) is 2.73. The monoisotopic (exact) mass is 235 g/mol. The van der Waals surface area contributed by atoms with E-state index in [2.05, 4.69) is 17.1 Å². The Hall–Kier alpha value is -2.55. The number of primary amides is 1. The minimum atomic E-state index is -0.409. The number of benzene rings is 2. The Morgan fingerprint density at radius 1 is 1.17 bits per heavy atom. The molecule has 87 valence electrons. The second kappa shape index (κ2) is 4.04. The van der Waals surface area contributed by atoms with E-state index >= 15 is 0 Å². The Morgan fingerprint density at radius 2 is 1.94 bits per heavy atom. The maximum Gasteiger partial charge on any atom is 0.248 e. The first-order valence-corrected chi connectivity index (χ1v) is 5.63. The average molecular weight is 235 g/mol. The van der Waals surface area contributed by atoms with Crippen molar-refractivity contribution in [1.29, 1.82) is 0 Å². The Morgan fingerprint density at radius 3 is 2.61 bits per heavy atom. The van der Waals surface area contributed by atoms with Crippen LogP contribution in [-0.4, -0.2) is 10.9 Å². The highest BCUT2D eigenvalue weighted by Gasteiger charge is 2.04. The molecule has 3 N–H and O–H groups in total. The van der Waals surface area contributed by atoms with Crippen LogP contribution in [-0.2, 0) is 0 Å².